The third-order valence-corrected chi connectivity index (χ3v) is 14.8. The van der Waals surface area contributed by atoms with E-state index >= 15 is 0 Å². The number of ether oxygens (including phenoxy) is 1. The molecule has 63 heavy (non-hydrogen) atoms. The lowest BCUT2D eigenvalue weighted by atomic mass is 9.73. The van der Waals surface area contributed by atoms with Crippen molar-refractivity contribution in [2.75, 3.05) is 0 Å². The molecule has 0 bridgehead atoms. The second kappa shape index (κ2) is 13.8. The number of thiophene rings is 1. The molecule has 300 valence electrons. The van der Waals surface area contributed by atoms with E-state index in [1.54, 1.807) is 0 Å². The first-order valence-corrected chi connectivity index (χ1v) is 22.7. The number of hydrogen-bond donors (Lipinski definition) is 0. The van der Waals surface area contributed by atoms with E-state index < -0.39 is 5.41 Å². The molecule has 13 rings (SSSR count). The van der Waals surface area contributed by atoms with Crippen LogP contribution in [0, 0.1) is 5.92 Å². The van der Waals surface area contributed by atoms with Crippen LogP contribution in [0.15, 0.2) is 209 Å². The van der Waals surface area contributed by atoms with Crippen LogP contribution in [0.5, 0.6) is 5.75 Å². The monoisotopic (exact) mass is 827 g/mol. The van der Waals surface area contributed by atoms with Gasteiger partial charge in [0.15, 0.2) is 5.84 Å². The highest BCUT2D eigenvalue weighted by Crippen LogP contribution is 2.51. The van der Waals surface area contributed by atoms with E-state index in [1.165, 1.54) is 58.2 Å². The van der Waals surface area contributed by atoms with Gasteiger partial charge >= 0.3 is 0 Å². The van der Waals surface area contributed by atoms with Crippen LogP contribution in [0.25, 0.3) is 69.2 Å². The Balaban J connectivity index is 1.08. The molecule has 0 radical (unpaired) electrons. The summed E-state index contributed by atoms with van der Waals surface area (Å²) in [7, 11) is 0. The quantitative estimate of drug-likeness (QED) is 0.174. The summed E-state index contributed by atoms with van der Waals surface area (Å²) in [5.74, 6) is 1.72. The Morgan fingerprint density at radius 1 is 0.635 bits per heavy atom. The Morgan fingerprint density at radius 2 is 1.35 bits per heavy atom. The van der Waals surface area contributed by atoms with Crippen LogP contribution in [0.4, 0.5) is 0 Å². The Hall–Kier alpha value is -7.34. The molecular weight excluding hydrogens is 787 g/mol. The number of rotatable bonds is 4. The minimum absolute atomic E-state index is 0.0883. The number of fused-ring (bicyclic) bond motifs is 11. The predicted octanol–water partition coefficient (Wildman–Crippen LogP) is 14.8. The minimum atomic E-state index is -0.432. The van der Waals surface area contributed by atoms with Crippen molar-refractivity contribution < 1.29 is 4.74 Å². The fourth-order valence-electron chi connectivity index (χ4n) is 10.5. The Bertz CT molecular complexity index is 3740. The van der Waals surface area contributed by atoms with Crippen LogP contribution < -0.4 is 4.74 Å². The van der Waals surface area contributed by atoms with Gasteiger partial charge in [0.05, 0.1) is 33.6 Å². The van der Waals surface area contributed by atoms with Gasteiger partial charge in [0, 0.05) is 59.1 Å². The minimum Gasteiger partial charge on any atom is -0.485 e. The molecule has 0 amide bonds. The molecule has 4 nitrogen and oxygen atoms in total. The van der Waals surface area contributed by atoms with Crippen molar-refractivity contribution in [1.29, 1.82) is 0 Å². The van der Waals surface area contributed by atoms with Gasteiger partial charge in [-0.3, -0.25) is 0 Å². The van der Waals surface area contributed by atoms with Gasteiger partial charge in [-0.25, -0.2) is 9.98 Å². The average Bonchev–Trinajstić information content (AvgIpc) is 3.96. The molecule has 0 fully saturated rings. The molecule has 3 unspecified atom stereocenters. The van der Waals surface area contributed by atoms with E-state index in [9.17, 15) is 0 Å². The highest BCUT2D eigenvalue weighted by atomic mass is 32.1. The summed E-state index contributed by atoms with van der Waals surface area (Å²) in [5.41, 5.74) is 9.31. The molecule has 0 saturated carbocycles. The van der Waals surface area contributed by atoms with Gasteiger partial charge in [-0.1, -0.05) is 146 Å². The molecule has 2 aromatic heterocycles. The maximum atomic E-state index is 6.88. The molecule has 3 atom stereocenters. The van der Waals surface area contributed by atoms with Crippen molar-refractivity contribution in [3.63, 3.8) is 0 Å². The number of para-hydroxylation sites is 2. The first-order valence-electron chi connectivity index (χ1n) is 21.9. The molecule has 4 heterocycles. The van der Waals surface area contributed by atoms with Gasteiger partial charge in [-0.05, 0) is 83.4 Å². The van der Waals surface area contributed by atoms with Crippen LogP contribution in [-0.2, 0) is 5.41 Å². The van der Waals surface area contributed by atoms with E-state index in [1.807, 2.05) is 11.3 Å². The summed E-state index contributed by atoms with van der Waals surface area (Å²) in [4.78, 5) is 11.5. The standard InChI is InChI=1S/C58H41N3OS/c1-35-26-29-47(59-57(40-28-27-36-14-3-4-15-37(36)30-40)60-56(35)43-20-13-25-53-55(43)42-19-8-12-24-52(42)63-53)45-34-58(2)46-21-9-11-23-51(46)62-54(58)33-50(45)61-48-22-10-7-18-41(48)44-31-38-16-5-6-17-39(38)32-49(44)61/h3-25,27-35,54H,26H2,1-2H3/b47-29+,59-57-,60-56+. The summed E-state index contributed by atoms with van der Waals surface area (Å²) in [6, 6.07) is 61.3. The Morgan fingerprint density at radius 3 is 2.22 bits per heavy atom. The molecule has 1 aliphatic carbocycles. The van der Waals surface area contributed by atoms with Crippen LogP contribution >= 0.6 is 11.3 Å². The summed E-state index contributed by atoms with van der Waals surface area (Å²) >= 11 is 1.85. The third-order valence-electron chi connectivity index (χ3n) is 13.7. The van der Waals surface area contributed by atoms with Crippen molar-refractivity contribution in [2.24, 2.45) is 15.9 Å². The van der Waals surface area contributed by atoms with E-state index in [-0.39, 0.29) is 12.0 Å². The smallest absolute Gasteiger partial charge is 0.160 e. The van der Waals surface area contributed by atoms with Gasteiger partial charge < -0.3 is 9.30 Å². The van der Waals surface area contributed by atoms with Gasteiger partial charge in [0.1, 0.15) is 11.9 Å². The van der Waals surface area contributed by atoms with Crippen molar-refractivity contribution in [2.45, 2.75) is 31.8 Å². The van der Waals surface area contributed by atoms with Crippen LogP contribution in [-0.4, -0.2) is 22.2 Å². The third kappa shape index (κ3) is 5.59. The van der Waals surface area contributed by atoms with Crippen LogP contribution in [0.2, 0.25) is 0 Å². The number of benzene rings is 8. The molecule has 5 heteroatoms. The zero-order chi connectivity index (χ0) is 41.8. The second-order valence-electron chi connectivity index (χ2n) is 17.5. The van der Waals surface area contributed by atoms with Gasteiger partial charge in [0.25, 0.3) is 0 Å². The topological polar surface area (TPSA) is 38.9 Å². The predicted molar refractivity (Wildman–Crippen MR) is 266 cm³/mol. The molecule has 0 saturated heterocycles. The van der Waals surface area contributed by atoms with Crippen molar-refractivity contribution in [1.82, 2.24) is 4.57 Å². The molecule has 10 aromatic rings. The van der Waals surface area contributed by atoms with Crippen LogP contribution in [0.1, 0.15) is 37.0 Å². The van der Waals surface area contributed by atoms with E-state index in [0.29, 0.717) is 5.84 Å². The lowest BCUT2D eigenvalue weighted by Gasteiger charge is -2.33. The lowest BCUT2D eigenvalue weighted by molar-refractivity contribution is 0.228. The number of aromatic nitrogens is 1. The summed E-state index contributed by atoms with van der Waals surface area (Å²) in [6.07, 6.45) is 7.73. The molecule has 0 spiro atoms. The van der Waals surface area contributed by atoms with Gasteiger partial charge in [-0.15, -0.1) is 11.3 Å². The Labute approximate surface area is 369 Å². The van der Waals surface area contributed by atoms with Crippen molar-refractivity contribution >= 4 is 92.1 Å². The van der Waals surface area contributed by atoms with Crippen molar-refractivity contribution in [3.8, 4) is 5.75 Å². The maximum Gasteiger partial charge on any atom is 0.160 e. The molecule has 8 aromatic carbocycles. The van der Waals surface area contributed by atoms with E-state index in [0.717, 1.165) is 56.8 Å². The molecule has 3 aliphatic rings. The second-order valence-corrected chi connectivity index (χ2v) is 18.6. The first-order chi connectivity index (χ1) is 31.0. The number of aliphatic imine (C=N–C) groups is 2. The summed E-state index contributed by atoms with van der Waals surface area (Å²) in [6.45, 7) is 4.64. The molecular formula is C58H41N3OS. The molecule has 2 aliphatic heterocycles. The summed E-state index contributed by atoms with van der Waals surface area (Å²) < 4.78 is 11.9. The fraction of sp³-hybridized carbons (Fsp3) is 0.103. The Kier molecular flexibility index (Phi) is 7.98. The normalized spacial score (nSPS) is 22.3. The van der Waals surface area contributed by atoms with Crippen LogP contribution in [0.3, 0.4) is 0 Å². The average molecular weight is 828 g/mol. The highest BCUT2D eigenvalue weighted by Gasteiger charge is 2.46. The zero-order valence-electron chi connectivity index (χ0n) is 34.9. The summed E-state index contributed by atoms with van der Waals surface area (Å²) in [5, 5.41) is 9.75. The number of amidine groups is 1. The highest BCUT2D eigenvalue weighted by molar-refractivity contribution is 7.25. The van der Waals surface area contributed by atoms with Gasteiger partial charge in [0.2, 0.25) is 0 Å². The molecule has 0 N–H and O–H groups in total. The zero-order valence-corrected chi connectivity index (χ0v) is 35.7. The largest absolute Gasteiger partial charge is 0.485 e. The maximum absolute atomic E-state index is 6.88. The number of hydrogen-bond acceptors (Lipinski definition) is 4. The lowest BCUT2D eigenvalue weighted by Crippen LogP contribution is -2.35. The van der Waals surface area contributed by atoms with E-state index in [4.69, 9.17) is 14.7 Å². The number of allylic oxidation sites excluding steroid dienone is 2. The fourth-order valence-corrected chi connectivity index (χ4v) is 11.6. The van der Waals surface area contributed by atoms with E-state index in [2.05, 4.69) is 207 Å². The van der Waals surface area contributed by atoms with Gasteiger partial charge in [-0.2, -0.15) is 0 Å². The first kappa shape index (κ1) is 36.3. The number of nitrogens with zero attached hydrogens (tertiary/aromatic N) is 3. The SMILES string of the molecule is CC1C/C=C(C2=CC3(C)c4ccccc4OC3C=C2n2c3ccccc3c3cc4ccccc4cc32)/N=C(c2ccc3ccccc3c2)\N=C/1c1cccc2sc3ccccc3c12. The van der Waals surface area contributed by atoms with Crippen molar-refractivity contribution in [3.05, 3.63) is 216 Å².